The summed E-state index contributed by atoms with van der Waals surface area (Å²) in [4.78, 5) is 13.8. The smallest absolute Gasteiger partial charge is 0.226 e. The van der Waals surface area contributed by atoms with E-state index in [0.717, 1.165) is 48.0 Å². The fraction of sp³-hybridized carbons (Fsp3) is 0.667. The van der Waals surface area contributed by atoms with Crippen LogP contribution in [0.4, 0.5) is 0 Å². The van der Waals surface area contributed by atoms with Crippen LogP contribution in [0.1, 0.15) is 50.4 Å². The van der Waals surface area contributed by atoms with Crippen LogP contribution < -0.4 is 10.6 Å². The molecule has 0 bridgehead atoms. The molecule has 2 rings (SSSR count). The SMILES string of the molecule is CCCC1(C(=O)NC(C)c2ccc(Cl)s2)CCNCC1. The summed E-state index contributed by atoms with van der Waals surface area (Å²) in [5.74, 6) is 0.206. The zero-order valence-electron chi connectivity index (χ0n) is 12.2. The first-order valence-electron chi connectivity index (χ1n) is 7.34. The number of amides is 1. The summed E-state index contributed by atoms with van der Waals surface area (Å²) >= 11 is 7.50. The van der Waals surface area contributed by atoms with E-state index in [1.165, 1.54) is 11.3 Å². The Morgan fingerprint density at radius 2 is 2.20 bits per heavy atom. The molecule has 1 fully saturated rings. The largest absolute Gasteiger partial charge is 0.348 e. The van der Waals surface area contributed by atoms with Crippen molar-refractivity contribution in [2.45, 2.75) is 45.6 Å². The van der Waals surface area contributed by atoms with Gasteiger partial charge in [-0.25, -0.2) is 0 Å². The van der Waals surface area contributed by atoms with E-state index in [1.807, 2.05) is 19.1 Å². The van der Waals surface area contributed by atoms with E-state index in [2.05, 4.69) is 17.6 Å². The fourth-order valence-corrected chi connectivity index (χ4v) is 4.02. The van der Waals surface area contributed by atoms with E-state index in [9.17, 15) is 4.79 Å². The third kappa shape index (κ3) is 3.54. The summed E-state index contributed by atoms with van der Waals surface area (Å²) in [6, 6.07) is 3.91. The van der Waals surface area contributed by atoms with Crippen molar-refractivity contribution in [1.82, 2.24) is 10.6 Å². The van der Waals surface area contributed by atoms with Crippen molar-refractivity contribution in [3.63, 3.8) is 0 Å². The standard InChI is InChI=1S/C15H23ClN2OS/c1-3-6-15(7-9-17-10-8-15)14(19)18-11(2)12-4-5-13(16)20-12/h4-5,11,17H,3,6-10H2,1-2H3,(H,18,19). The maximum Gasteiger partial charge on any atom is 0.226 e. The van der Waals surface area contributed by atoms with Gasteiger partial charge in [0, 0.05) is 4.88 Å². The number of carbonyl (C=O) groups is 1. The Kier molecular flexibility index (Phi) is 5.47. The predicted molar refractivity (Wildman–Crippen MR) is 85.3 cm³/mol. The summed E-state index contributed by atoms with van der Waals surface area (Å²) in [5.41, 5.74) is -0.185. The summed E-state index contributed by atoms with van der Waals surface area (Å²) in [6.07, 6.45) is 3.89. The molecule has 0 saturated carbocycles. The van der Waals surface area contributed by atoms with Crippen LogP contribution >= 0.6 is 22.9 Å². The molecule has 1 saturated heterocycles. The van der Waals surface area contributed by atoms with E-state index < -0.39 is 0 Å². The third-order valence-corrected chi connectivity index (χ3v) is 5.55. The lowest BCUT2D eigenvalue weighted by Crippen LogP contribution is -2.48. The normalized spacial score (nSPS) is 19.6. The molecule has 0 radical (unpaired) electrons. The lowest BCUT2D eigenvalue weighted by Gasteiger charge is -2.37. The molecule has 2 heterocycles. The van der Waals surface area contributed by atoms with Gasteiger partial charge in [-0.15, -0.1) is 11.3 Å². The molecule has 1 aromatic rings. The number of rotatable bonds is 5. The van der Waals surface area contributed by atoms with Gasteiger partial charge in [0.15, 0.2) is 0 Å². The van der Waals surface area contributed by atoms with Crippen molar-refractivity contribution in [3.8, 4) is 0 Å². The van der Waals surface area contributed by atoms with Crippen LogP contribution in [0.25, 0.3) is 0 Å². The molecular weight excluding hydrogens is 292 g/mol. The van der Waals surface area contributed by atoms with E-state index in [4.69, 9.17) is 11.6 Å². The van der Waals surface area contributed by atoms with Crippen molar-refractivity contribution in [1.29, 1.82) is 0 Å². The Labute approximate surface area is 130 Å². The molecular formula is C15H23ClN2OS. The molecule has 1 aromatic heterocycles. The first-order valence-corrected chi connectivity index (χ1v) is 8.54. The van der Waals surface area contributed by atoms with Gasteiger partial charge in [-0.3, -0.25) is 4.79 Å². The summed E-state index contributed by atoms with van der Waals surface area (Å²) in [7, 11) is 0. The highest BCUT2D eigenvalue weighted by atomic mass is 35.5. The molecule has 0 aromatic carbocycles. The molecule has 20 heavy (non-hydrogen) atoms. The highest BCUT2D eigenvalue weighted by molar-refractivity contribution is 7.16. The first-order chi connectivity index (χ1) is 9.57. The molecule has 0 spiro atoms. The summed E-state index contributed by atoms with van der Waals surface area (Å²) in [5, 5.41) is 6.54. The van der Waals surface area contributed by atoms with Crippen molar-refractivity contribution in [3.05, 3.63) is 21.3 Å². The number of thiophene rings is 1. The van der Waals surface area contributed by atoms with Crippen LogP contribution in [0.15, 0.2) is 12.1 Å². The number of hydrogen-bond acceptors (Lipinski definition) is 3. The van der Waals surface area contributed by atoms with Gasteiger partial charge in [0.25, 0.3) is 0 Å². The minimum atomic E-state index is -0.185. The molecule has 1 amide bonds. The molecule has 1 unspecified atom stereocenters. The van der Waals surface area contributed by atoms with Crippen LogP contribution in [0.3, 0.4) is 0 Å². The van der Waals surface area contributed by atoms with Gasteiger partial charge in [0.05, 0.1) is 15.8 Å². The van der Waals surface area contributed by atoms with Gasteiger partial charge in [0.2, 0.25) is 5.91 Å². The molecule has 112 valence electrons. The number of piperidine rings is 1. The monoisotopic (exact) mass is 314 g/mol. The van der Waals surface area contributed by atoms with E-state index >= 15 is 0 Å². The van der Waals surface area contributed by atoms with Crippen LogP contribution in [0.5, 0.6) is 0 Å². The van der Waals surface area contributed by atoms with Gasteiger partial charge in [-0.1, -0.05) is 24.9 Å². The van der Waals surface area contributed by atoms with Gasteiger partial charge >= 0.3 is 0 Å². The summed E-state index contributed by atoms with van der Waals surface area (Å²) < 4.78 is 0.770. The Morgan fingerprint density at radius 1 is 1.50 bits per heavy atom. The van der Waals surface area contributed by atoms with Gasteiger partial charge in [0.1, 0.15) is 0 Å². The zero-order valence-corrected chi connectivity index (χ0v) is 13.7. The van der Waals surface area contributed by atoms with Gasteiger partial charge < -0.3 is 10.6 Å². The van der Waals surface area contributed by atoms with Crippen LogP contribution in [-0.4, -0.2) is 19.0 Å². The third-order valence-electron chi connectivity index (χ3n) is 4.14. The minimum Gasteiger partial charge on any atom is -0.348 e. The Hall–Kier alpha value is -0.580. The minimum absolute atomic E-state index is 0.0311. The fourth-order valence-electron chi connectivity index (χ4n) is 2.96. The molecule has 0 aliphatic carbocycles. The Bertz CT molecular complexity index is 449. The van der Waals surface area contributed by atoms with Crippen molar-refractivity contribution in [2.75, 3.05) is 13.1 Å². The Morgan fingerprint density at radius 3 is 2.75 bits per heavy atom. The maximum atomic E-state index is 12.7. The highest BCUT2D eigenvalue weighted by Crippen LogP contribution is 2.35. The maximum absolute atomic E-state index is 12.7. The van der Waals surface area contributed by atoms with Crippen molar-refractivity contribution < 1.29 is 4.79 Å². The molecule has 1 aliphatic heterocycles. The lowest BCUT2D eigenvalue weighted by molar-refractivity contribution is -0.133. The molecule has 3 nitrogen and oxygen atoms in total. The van der Waals surface area contributed by atoms with Crippen LogP contribution in [0, 0.1) is 5.41 Å². The average Bonchev–Trinajstić information content (AvgIpc) is 2.87. The Balaban J connectivity index is 2.04. The van der Waals surface area contributed by atoms with E-state index in [1.54, 1.807) is 0 Å². The number of nitrogens with one attached hydrogen (secondary N) is 2. The molecule has 2 N–H and O–H groups in total. The zero-order chi connectivity index (χ0) is 14.6. The van der Waals surface area contributed by atoms with Crippen molar-refractivity contribution in [2.24, 2.45) is 5.41 Å². The second kappa shape index (κ2) is 6.92. The number of halogens is 1. The first kappa shape index (κ1) is 15.8. The van der Waals surface area contributed by atoms with E-state index in [0.29, 0.717) is 0 Å². The topological polar surface area (TPSA) is 41.1 Å². The number of hydrogen-bond donors (Lipinski definition) is 2. The van der Waals surface area contributed by atoms with Crippen molar-refractivity contribution >= 4 is 28.8 Å². The second-order valence-electron chi connectivity index (χ2n) is 5.62. The van der Waals surface area contributed by atoms with E-state index in [-0.39, 0.29) is 17.4 Å². The summed E-state index contributed by atoms with van der Waals surface area (Å²) in [6.45, 7) is 6.06. The lowest BCUT2D eigenvalue weighted by atomic mass is 9.74. The molecule has 1 atom stereocenters. The van der Waals surface area contributed by atoms with Gasteiger partial charge in [-0.2, -0.15) is 0 Å². The number of carbonyl (C=O) groups excluding carboxylic acids is 1. The van der Waals surface area contributed by atoms with Gasteiger partial charge in [-0.05, 0) is 51.4 Å². The quantitative estimate of drug-likeness (QED) is 0.869. The molecule has 5 heteroatoms. The molecule has 1 aliphatic rings. The van der Waals surface area contributed by atoms with Crippen LogP contribution in [-0.2, 0) is 4.79 Å². The highest BCUT2D eigenvalue weighted by Gasteiger charge is 2.39. The average molecular weight is 315 g/mol. The predicted octanol–water partition coefficient (Wildman–Crippen LogP) is 3.75. The van der Waals surface area contributed by atoms with Crippen LogP contribution in [0.2, 0.25) is 4.34 Å². The second-order valence-corrected chi connectivity index (χ2v) is 7.36.